The van der Waals surface area contributed by atoms with Crippen LogP contribution in [0.15, 0.2) is 17.1 Å². The zero-order chi connectivity index (χ0) is 17.9. The summed E-state index contributed by atoms with van der Waals surface area (Å²) in [5, 5.41) is 3.35. The Hall–Kier alpha value is -0.390. The van der Waals surface area contributed by atoms with Crippen LogP contribution in [-0.2, 0) is 14.6 Å². The van der Waals surface area contributed by atoms with Gasteiger partial charge in [-0.25, -0.2) is 8.42 Å². The Balaban J connectivity index is 0.00000243. The van der Waals surface area contributed by atoms with Gasteiger partial charge in [0.25, 0.3) is 0 Å². The summed E-state index contributed by atoms with van der Waals surface area (Å²) < 4.78 is 29.4. The number of sulfone groups is 1. The van der Waals surface area contributed by atoms with Crippen molar-refractivity contribution in [2.75, 3.05) is 59.2 Å². The Bertz CT molecular complexity index is 624. The van der Waals surface area contributed by atoms with Gasteiger partial charge in [0.05, 0.1) is 4.75 Å². The minimum Gasteiger partial charge on any atom is -0.381 e. The molecule has 2 saturated heterocycles. The van der Waals surface area contributed by atoms with Gasteiger partial charge in [-0.1, -0.05) is 12.2 Å². The molecular weight excluding hydrogens is 467 g/mol. The molecule has 0 radical (unpaired) electrons. The first-order valence-corrected chi connectivity index (χ1v) is 11.0. The first kappa shape index (κ1) is 21.9. The van der Waals surface area contributed by atoms with Gasteiger partial charge in [0.15, 0.2) is 15.8 Å². The van der Waals surface area contributed by atoms with Gasteiger partial charge in [0, 0.05) is 65.3 Å². The average Bonchev–Trinajstić information content (AvgIpc) is 3.27. The minimum absolute atomic E-state index is 0. The van der Waals surface area contributed by atoms with E-state index in [1.807, 2.05) is 0 Å². The van der Waals surface area contributed by atoms with Crippen LogP contribution in [0, 0.1) is 0 Å². The summed E-state index contributed by atoms with van der Waals surface area (Å²) >= 11 is 0. The van der Waals surface area contributed by atoms with Crippen LogP contribution in [0.1, 0.15) is 19.3 Å². The standard InChI is InChI=1S/C17H30N4O3S.HI/c1-18-16(21-10-5-15(13-21)20-8-3-4-9-20)19-14-17(25(2,22)23)6-11-24-12-7-17;/h3-4,15H,5-14H2,1-2H3,(H,18,19);1H. The van der Waals surface area contributed by atoms with Crippen molar-refractivity contribution in [3.8, 4) is 0 Å². The molecule has 0 amide bonds. The zero-order valence-electron chi connectivity index (χ0n) is 15.7. The highest BCUT2D eigenvalue weighted by molar-refractivity contribution is 14.0. The first-order valence-electron chi connectivity index (χ1n) is 9.07. The highest BCUT2D eigenvalue weighted by Gasteiger charge is 2.42. The molecule has 26 heavy (non-hydrogen) atoms. The lowest BCUT2D eigenvalue weighted by Gasteiger charge is -2.36. The Kier molecular flexibility index (Phi) is 7.75. The lowest BCUT2D eigenvalue weighted by atomic mass is 9.99. The molecule has 0 spiro atoms. The highest BCUT2D eigenvalue weighted by Crippen LogP contribution is 2.29. The van der Waals surface area contributed by atoms with Gasteiger partial charge in [-0.15, -0.1) is 24.0 Å². The van der Waals surface area contributed by atoms with Crippen molar-refractivity contribution in [3.63, 3.8) is 0 Å². The Labute approximate surface area is 174 Å². The number of aliphatic imine (C=N–C) groups is 1. The lowest BCUT2D eigenvalue weighted by Crippen LogP contribution is -2.54. The number of guanidine groups is 1. The van der Waals surface area contributed by atoms with Crippen LogP contribution in [0.2, 0.25) is 0 Å². The third-order valence-electron chi connectivity index (χ3n) is 5.80. The largest absolute Gasteiger partial charge is 0.381 e. The van der Waals surface area contributed by atoms with Crippen molar-refractivity contribution >= 4 is 39.8 Å². The molecule has 150 valence electrons. The molecule has 0 saturated carbocycles. The second kappa shape index (κ2) is 9.20. The van der Waals surface area contributed by atoms with Crippen molar-refractivity contribution in [2.24, 2.45) is 4.99 Å². The zero-order valence-corrected chi connectivity index (χ0v) is 18.8. The van der Waals surface area contributed by atoms with Gasteiger partial charge in [0.1, 0.15) is 0 Å². The topological polar surface area (TPSA) is 74.2 Å². The molecule has 0 bridgehead atoms. The van der Waals surface area contributed by atoms with Gasteiger partial charge in [-0.2, -0.15) is 0 Å². The van der Waals surface area contributed by atoms with Gasteiger partial charge < -0.3 is 15.0 Å². The van der Waals surface area contributed by atoms with Crippen LogP contribution in [-0.4, -0.2) is 94.2 Å². The van der Waals surface area contributed by atoms with Gasteiger partial charge in [0.2, 0.25) is 0 Å². The number of nitrogens with one attached hydrogen (secondary N) is 1. The van der Waals surface area contributed by atoms with Crippen molar-refractivity contribution in [2.45, 2.75) is 30.1 Å². The van der Waals surface area contributed by atoms with Crippen LogP contribution in [0.5, 0.6) is 0 Å². The molecule has 3 rings (SSSR count). The maximum Gasteiger partial charge on any atom is 0.193 e. The molecule has 1 atom stereocenters. The van der Waals surface area contributed by atoms with Crippen LogP contribution >= 0.6 is 24.0 Å². The molecule has 2 fully saturated rings. The number of nitrogens with zero attached hydrogens (tertiary/aromatic N) is 3. The molecule has 1 unspecified atom stereocenters. The van der Waals surface area contributed by atoms with Crippen molar-refractivity contribution in [3.05, 3.63) is 12.2 Å². The molecule has 0 aliphatic carbocycles. The second-order valence-electron chi connectivity index (χ2n) is 7.28. The van der Waals surface area contributed by atoms with Gasteiger partial charge in [-0.05, 0) is 19.3 Å². The normalized spacial score (nSPS) is 26.8. The van der Waals surface area contributed by atoms with Crippen molar-refractivity contribution in [1.82, 2.24) is 15.1 Å². The number of rotatable bonds is 4. The average molecular weight is 498 g/mol. The summed E-state index contributed by atoms with van der Waals surface area (Å²) in [6.07, 6.45) is 7.98. The molecule has 1 N–H and O–H groups in total. The fourth-order valence-electron chi connectivity index (χ4n) is 4.02. The van der Waals surface area contributed by atoms with E-state index in [9.17, 15) is 8.42 Å². The quantitative estimate of drug-likeness (QED) is 0.267. The third kappa shape index (κ3) is 4.71. The number of hydrogen-bond donors (Lipinski definition) is 1. The second-order valence-corrected chi connectivity index (χ2v) is 9.69. The van der Waals surface area contributed by atoms with E-state index in [0.29, 0.717) is 38.6 Å². The number of ether oxygens (including phenoxy) is 1. The Morgan fingerprint density at radius 1 is 1.31 bits per heavy atom. The monoisotopic (exact) mass is 498 g/mol. The van der Waals surface area contributed by atoms with Crippen LogP contribution < -0.4 is 5.32 Å². The summed E-state index contributed by atoms with van der Waals surface area (Å²) in [6, 6.07) is 0.542. The molecule has 9 heteroatoms. The SMILES string of the molecule is CN=C(NCC1(S(C)(=O)=O)CCOCC1)N1CCC(N2CC=CC2)C1.I. The van der Waals surface area contributed by atoms with Crippen molar-refractivity contribution < 1.29 is 13.2 Å². The number of halogens is 1. The van der Waals surface area contributed by atoms with E-state index < -0.39 is 14.6 Å². The van der Waals surface area contributed by atoms with Gasteiger partial charge >= 0.3 is 0 Å². The summed E-state index contributed by atoms with van der Waals surface area (Å²) in [5.41, 5.74) is 0. The predicted molar refractivity (Wildman–Crippen MR) is 115 cm³/mol. The minimum atomic E-state index is -3.17. The first-order chi connectivity index (χ1) is 12.0. The molecule has 0 aromatic heterocycles. The predicted octanol–water partition coefficient (Wildman–Crippen LogP) is 0.720. The van der Waals surface area contributed by atoms with Crippen LogP contribution in [0.3, 0.4) is 0 Å². The number of hydrogen-bond acceptors (Lipinski definition) is 5. The van der Waals surface area contributed by atoms with Crippen LogP contribution in [0.25, 0.3) is 0 Å². The summed E-state index contributed by atoms with van der Waals surface area (Å²) in [5.74, 6) is 0.809. The van der Waals surface area contributed by atoms with E-state index in [0.717, 1.165) is 38.6 Å². The lowest BCUT2D eigenvalue weighted by molar-refractivity contribution is 0.0754. The van der Waals surface area contributed by atoms with E-state index in [2.05, 4.69) is 32.3 Å². The van der Waals surface area contributed by atoms with E-state index in [1.54, 1.807) is 7.05 Å². The summed E-state index contributed by atoms with van der Waals surface area (Å²) in [7, 11) is -1.40. The molecule has 3 aliphatic heterocycles. The molecule has 0 aromatic rings. The molecule has 7 nitrogen and oxygen atoms in total. The third-order valence-corrected chi connectivity index (χ3v) is 7.92. The smallest absolute Gasteiger partial charge is 0.193 e. The van der Waals surface area contributed by atoms with E-state index in [4.69, 9.17) is 4.74 Å². The van der Waals surface area contributed by atoms with E-state index >= 15 is 0 Å². The highest BCUT2D eigenvalue weighted by atomic mass is 127. The van der Waals surface area contributed by atoms with E-state index in [1.165, 1.54) is 6.26 Å². The van der Waals surface area contributed by atoms with Gasteiger partial charge in [-0.3, -0.25) is 9.89 Å². The maximum atomic E-state index is 12.4. The Morgan fingerprint density at radius 3 is 2.54 bits per heavy atom. The van der Waals surface area contributed by atoms with Crippen molar-refractivity contribution in [1.29, 1.82) is 0 Å². The summed E-state index contributed by atoms with van der Waals surface area (Å²) in [4.78, 5) is 9.12. The number of likely N-dealkylation sites (tertiary alicyclic amines) is 1. The molecular formula is C17H31IN4O3S. The van der Waals surface area contributed by atoms with Crippen LogP contribution in [0.4, 0.5) is 0 Å². The van der Waals surface area contributed by atoms with E-state index in [-0.39, 0.29) is 24.0 Å². The molecule has 3 heterocycles. The maximum absolute atomic E-state index is 12.4. The molecule has 3 aliphatic rings. The fourth-order valence-corrected chi connectivity index (χ4v) is 5.26. The summed E-state index contributed by atoms with van der Waals surface area (Å²) in [6.45, 7) is 5.35. The molecule has 0 aromatic carbocycles. The fraction of sp³-hybridized carbons (Fsp3) is 0.824. The Morgan fingerprint density at radius 2 is 1.96 bits per heavy atom.